The van der Waals surface area contributed by atoms with Crippen molar-refractivity contribution >= 4 is 56.1 Å². The third-order valence-corrected chi connectivity index (χ3v) is 9.10. The van der Waals surface area contributed by atoms with Crippen LogP contribution < -0.4 is 9.80 Å². The van der Waals surface area contributed by atoms with Crippen LogP contribution in [0, 0.1) is 0 Å². The molecule has 0 unspecified atom stereocenters. The van der Waals surface area contributed by atoms with Crippen molar-refractivity contribution in [1.29, 1.82) is 0 Å². The standard InChI is InChI=1S/C43H34N2/c1-44(43-30-34-16-6-7-20-38(34)40-22-9-10-23-41(40)43)35-25-27-36(28-26-35)45(42-24-12-17-32-15-5-8-21-39(32)42)37-19-11-18-33(29-37)31-13-3-2-4-14-31/h2-7,9-20,22-30H,8,21H2,1H3. The van der Waals surface area contributed by atoms with Crippen LogP contribution in [0.1, 0.15) is 17.5 Å². The van der Waals surface area contributed by atoms with Crippen LogP contribution in [-0.2, 0) is 6.42 Å². The first kappa shape index (κ1) is 27.0. The number of hydrogen-bond acceptors (Lipinski definition) is 2. The quantitative estimate of drug-likeness (QED) is 0.181. The van der Waals surface area contributed by atoms with Gasteiger partial charge in [-0.3, -0.25) is 0 Å². The molecule has 0 saturated heterocycles. The number of anilines is 5. The summed E-state index contributed by atoms with van der Waals surface area (Å²) in [5.41, 5.74) is 11.0. The third-order valence-electron chi connectivity index (χ3n) is 9.10. The van der Waals surface area contributed by atoms with Gasteiger partial charge in [-0.05, 0) is 99.8 Å². The normalized spacial score (nSPS) is 12.3. The minimum atomic E-state index is 1.03. The predicted octanol–water partition coefficient (Wildman–Crippen LogP) is 11.9. The van der Waals surface area contributed by atoms with E-state index in [0.717, 1.165) is 29.9 Å². The molecule has 2 heteroatoms. The Morgan fingerprint density at radius 2 is 1.18 bits per heavy atom. The topological polar surface area (TPSA) is 6.48 Å². The molecule has 0 aliphatic heterocycles. The van der Waals surface area contributed by atoms with Gasteiger partial charge in [-0.25, -0.2) is 0 Å². The van der Waals surface area contributed by atoms with E-state index in [2.05, 4.69) is 181 Å². The fourth-order valence-corrected chi connectivity index (χ4v) is 6.83. The van der Waals surface area contributed by atoms with Crippen LogP contribution in [0.2, 0.25) is 0 Å². The molecule has 0 spiro atoms. The van der Waals surface area contributed by atoms with Crippen molar-refractivity contribution in [2.45, 2.75) is 12.8 Å². The highest BCUT2D eigenvalue weighted by Crippen LogP contribution is 2.42. The van der Waals surface area contributed by atoms with Gasteiger partial charge in [-0.1, -0.05) is 115 Å². The van der Waals surface area contributed by atoms with Crippen LogP contribution in [0.15, 0.2) is 158 Å². The van der Waals surface area contributed by atoms with E-state index in [9.17, 15) is 0 Å². The summed E-state index contributed by atoms with van der Waals surface area (Å²) in [6.07, 6.45) is 6.65. The van der Waals surface area contributed by atoms with Crippen LogP contribution in [0.4, 0.5) is 28.4 Å². The first-order chi connectivity index (χ1) is 22.2. The first-order valence-corrected chi connectivity index (χ1v) is 15.7. The van der Waals surface area contributed by atoms with E-state index in [4.69, 9.17) is 0 Å². The van der Waals surface area contributed by atoms with Crippen molar-refractivity contribution in [1.82, 2.24) is 0 Å². The van der Waals surface area contributed by atoms with Crippen molar-refractivity contribution in [2.75, 3.05) is 16.8 Å². The molecule has 45 heavy (non-hydrogen) atoms. The summed E-state index contributed by atoms with van der Waals surface area (Å²) in [6.45, 7) is 0. The fourth-order valence-electron chi connectivity index (χ4n) is 6.83. The molecular weight excluding hydrogens is 544 g/mol. The maximum Gasteiger partial charge on any atom is 0.0499 e. The lowest BCUT2D eigenvalue weighted by Crippen LogP contribution is -2.14. The lowest BCUT2D eigenvalue weighted by molar-refractivity contribution is 0.979. The Morgan fingerprint density at radius 3 is 2.02 bits per heavy atom. The zero-order valence-corrected chi connectivity index (χ0v) is 25.4. The van der Waals surface area contributed by atoms with Crippen molar-refractivity contribution in [3.63, 3.8) is 0 Å². The minimum absolute atomic E-state index is 1.03. The van der Waals surface area contributed by atoms with Gasteiger partial charge in [0.15, 0.2) is 0 Å². The Labute approximate surface area is 265 Å². The molecule has 7 aromatic rings. The molecule has 0 saturated carbocycles. The van der Waals surface area contributed by atoms with E-state index in [-0.39, 0.29) is 0 Å². The Morgan fingerprint density at radius 1 is 0.489 bits per heavy atom. The van der Waals surface area contributed by atoms with Crippen LogP contribution >= 0.6 is 0 Å². The van der Waals surface area contributed by atoms with Crippen molar-refractivity contribution < 1.29 is 0 Å². The van der Waals surface area contributed by atoms with Gasteiger partial charge in [-0.2, -0.15) is 0 Å². The number of benzene rings is 7. The second-order valence-electron chi connectivity index (χ2n) is 11.8. The van der Waals surface area contributed by atoms with Crippen molar-refractivity contribution in [3.05, 3.63) is 169 Å². The largest absolute Gasteiger partial charge is 0.344 e. The van der Waals surface area contributed by atoms with E-state index < -0.39 is 0 Å². The summed E-state index contributed by atoms with van der Waals surface area (Å²) in [6, 6.07) is 55.0. The number of allylic oxidation sites excluding steroid dienone is 1. The lowest BCUT2D eigenvalue weighted by atomic mass is 9.94. The van der Waals surface area contributed by atoms with Gasteiger partial charge >= 0.3 is 0 Å². The molecular formula is C43H34N2. The average Bonchev–Trinajstić information content (AvgIpc) is 3.12. The molecule has 7 aromatic carbocycles. The molecule has 8 rings (SSSR count). The van der Waals surface area contributed by atoms with E-state index in [0.29, 0.717) is 0 Å². The first-order valence-electron chi connectivity index (χ1n) is 15.7. The molecule has 0 atom stereocenters. The zero-order chi connectivity index (χ0) is 30.2. The fraction of sp³-hybridized carbons (Fsp3) is 0.0698. The highest BCUT2D eigenvalue weighted by atomic mass is 15.1. The smallest absolute Gasteiger partial charge is 0.0499 e. The van der Waals surface area contributed by atoms with Gasteiger partial charge in [0.05, 0.1) is 0 Å². The van der Waals surface area contributed by atoms with Crippen molar-refractivity contribution in [2.24, 2.45) is 0 Å². The second kappa shape index (κ2) is 11.5. The van der Waals surface area contributed by atoms with Crippen LogP contribution in [0.5, 0.6) is 0 Å². The molecule has 0 fully saturated rings. The number of hydrogen-bond donors (Lipinski definition) is 0. The predicted molar refractivity (Wildman–Crippen MR) is 193 cm³/mol. The van der Waals surface area contributed by atoms with Crippen LogP contribution in [-0.4, -0.2) is 7.05 Å². The van der Waals surface area contributed by atoms with Gasteiger partial charge in [0.2, 0.25) is 0 Å². The Kier molecular flexibility index (Phi) is 6.88. The lowest BCUT2D eigenvalue weighted by Gasteiger charge is -2.30. The number of fused-ring (bicyclic) bond motifs is 4. The number of nitrogens with zero attached hydrogens (tertiary/aromatic N) is 2. The molecule has 1 aliphatic carbocycles. The van der Waals surface area contributed by atoms with Crippen LogP contribution in [0.3, 0.4) is 0 Å². The SMILES string of the molecule is CN(c1ccc(N(c2cccc(-c3ccccc3)c2)c2cccc3c2CCC=C3)cc1)c1cc2ccccc2c2ccccc12. The Hall–Kier alpha value is -5.60. The maximum atomic E-state index is 2.43. The number of rotatable bonds is 6. The second-order valence-corrected chi connectivity index (χ2v) is 11.8. The van der Waals surface area contributed by atoms with E-state index >= 15 is 0 Å². The Bertz CT molecular complexity index is 2180. The summed E-state index contributed by atoms with van der Waals surface area (Å²) >= 11 is 0. The summed E-state index contributed by atoms with van der Waals surface area (Å²) < 4.78 is 0. The Balaban J connectivity index is 1.23. The zero-order valence-electron chi connectivity index (χ0n) is 25.4. The van der Waals surface area contributed by atoms with E-state index in [1.165, 1.54) is 55.2 Å². The molecule has 0 bridgehead atoms. The summed E-state index contributed by atoms with van der Waals surface area (Å²) in [5.74, 6) is 0. The summed E-state index contributed by atoms with van der Waals surface area (Å²) in [4.78, 5) is 4.74. The van der Waals surface area contributed by atoms with Gasteiger partial charge < -0.3 is 9.80 Å². The minimum Gasteiger partial charge on any atom is -0.344 e. The molecule has 1 aliphatic rings. The molecule has 0 heterocycles. The molecule has 0 radical (unpaired) electrons. The third kappa shape index (κ3) is 4.95. The average molecular weight is 579 g/mol. The maximum absolute atomic E-state index is 2.43. The van der Waals surface area contributed by atoms with Gasteiger partial charge in [0.25, 0.3) is 0 Å². The molecule has 2 nitrogen and oxygen atoms in total. The summed E-state index contributed by atoms with van der Waals surface area (Å²) in [5, 5.41) is 5.07. The highest BCUT2D eigenvalue weighted by Gasteiger charge is 2.20. The van der Waals surface area contributed by atoms with Crippen molar-refractivity contribution in [3.8, 4) is 11.1 Å². The van der Waals surface area contributed by atoms with E-state index in [1.807, 2.05) is 0 Å². The van der Waals surface area contributed by atoms with Gasteiger partial charge in [0.1, 0.15) is 0 Å². The van der Waals surface area contributed by atoms with E-state index in [1.54, 1.807) is 0 Å². The molecule has 216 valence electrons. The van der Waals surface area contributed by atoms with Gasteiger partial charge in [0, 0.05) is 40.9 Å². The highest BCUT2D eigenvalue weighted by molar-refractivity contribution is 6.13. The molecule has 0 amide bonds. The molecule has 0 aromatic heterocycles. The molecule has 0 N–H and O–H groups in total. The van der Waals surface area contributed by atoms with Gasteiger partial charge in [-0.15, -0.1) is 0 Å². The van der Waals surface area contributed by atoms with Crippen LogP contribution in [0.25, 0.3) is 38.7 Å². The summed E-state index contributed by atoms with van der Waals surface area (Å²) in [7, 11) is 2.17. The monoisotopic (exact) mass is 578 g/mol.